The second-order valence-corrected chi connectivity index (χ2v) is 14.4. The number of anilines is 1. The second-order valence-electron chi connectivity index (χ2n) is 14.4. The first-order valence-corrected chi connectivity index (χ1v) is 19.9. The van der Waals surface area contributed by atoms with Gasteiger partial charge in [-0.25, -0.2) is 10.1 Å². The van der Waals surface area contributed by atoms with Crippen molar-refractivity contribution >= 4 is 39.0 Å². The zero-order chi connectivity index (χ0) is 38.3. The minimum absolute atomic E-state index is 0.0954. The molecule has 54 heavy (non-hydrogen) atoms. The lowest BCUT2D eigenvalue weighted by atomic mass is 9.97. The largest absolute Gasteiger partial charge is 0.396 e. The monoisotopic (exact) mass is 722 g/mol. The molecule has 1 unspecified atom stereocenters. The van der Waals surface area contributed by atoms with Crippen LogP contribution in [-0.2, 0) is 11.3 Å². The van der Waals surface area contributed by atoms with E-state index in [0.29, 0.717) is 24.4 Å². The van der Waals surface area contributed by atoms with Crippen LogP contribution < -0.4 is 4.90 Å². The number of aryl methyl sites for hydroxylation is 1. The molecule has 3 aromatic carbocycles. The van der Waals surface area contributed by atoms with E-state index in [9.17, 15) is 20.4 Å². The number of carbonyl (C=O) groups excluding carboxylic acids is 1. The highest BCUT2D eigenvalue weighted by molar-refractivity contribution is 6.25. The lowest BCUT2D eigenvalue weighted by molar-refractivity contribution is -0.122. The van der Waals surface area contributed by atoms with E-state index in [1.165, 1.54) is 46.0 Å². The van der Waals surface area contributed by atoms with Crippen molar-refractivity contribution in [2.24, 2.45) is 5.92 Å². The molecule has 8 heteroatoms. The van der Waals surface area contributed by atoms with Gasteiger partial charge >= 0.3 is 0 Å². The van der Waals surface area contributed by atoms with Crippen LogP contribution in [0.2, 0.25) is 0 Å². The van der Waals surface area contributed by atoms with Crippen molar-refractivity contribution in [3.05, 3.63) is 107 Å². The summed E-state index contributed by atoms with van der Waals surface area (Å²) in [4.78, 5) is 21.5. The van der Waals surface area contributed by atoms with Crippen LogP contribution in [0.3, 0.4) is 0 Å². The average Bonchev–Trinajstić information content (AvgIpc) is 3.68. The van der Waals surface area contributed by atoms with Gasteiger partial charge in [-0.05, 0) is 67.9 Å². The number of allylic oxidation sites excluding steroid dienone is 2. The van der Waals surface area contributed by atoms with Crippen molar-refractivity contribution in [3.8, 4) is 12.1 Å². The second kappa shape index (κ2) is 20.2. The first-order chi connectivity index (χ1) is 26.5. The minimum atomic E-state index is -0.331. The summed E-state index contributed by atoms with van der Waals surface area (Å²) >= 11 is 0. The van der Waals surface area contributed by atoms with Crippen LogP contribution in [0.15, 0.2) is 89.8 Å². The number of rotatable bonds is 21. The van der Waals surface area contributed by atoms with Crippen LogP contribution in [-0.4, -0.2) is 46.7 Å². The molecule has 0 radical (unpaired) electrons. The summed E-state index contributed by atoms with van der Waals surface area (Å²) in [6, 6.07) is 29.1. The van der Waals surface area contributed by atoms with Gasteiger partial charge in [0.15, 0.2) is 0 Å². The van der Waals surface area contributed by atoms with Crippen molar-refractivity contribution < 1.29 is 9.90 Å². The first-order valence-electron chi connectivity index (χ1n) is 19.9. The molecule has 1 atom stereocenters. The van der Waals surface area contributed by atoms with Gasteiger partial charge in [-0.2, -0.15) is 5.26 Å². The topological polar surface area (TPSA) is 101 Å². The van der Waals surface area contributed by atoms with E-state index >= 15 is 0 Å². The number of aliphatic hydroxyl groups excluding tert-OH is 1. The summed E-state index contributed by atoms with van der Waals surface area (Å²) in [6.45, 7) is 15.5. The number of unbranched alkanes of at least 4 members (excludes halogenated alkanes) is 7. The number of nitrogens with zero attached hydrogens (tertiary/aromatic N) is 6. The Balaban J connectivity index is 1.28. The predicted octanol–water partition coefficient (Wildman–Crippen LogP) is 10.4. The van der Waals surface area contributed by atoms with Crippen molar-refractivity contribution in [3.63, 3.8) is 0 Å². The summed E-state index contributed by atoms with van der Waals surface area (Å²) in [7, 11) is 0. The molecule has 1 aliphatic rings. The zero-order valence-electron chi connectivity index (χ0n) is 32.1. The van der Waals surface area contributed by atoms with Crippen molar-refractivity contribution in [1.29, 1.82) is 10.5 Å². The Labute approximate surface area is 321 Å². The Morgan fingerprint density at radius 2 is 1.46 bits per heavy atom. The zero-order valence-corrected chi connectivity index (χ0v) is 32.1. The molecule has 0 aliphatic carbocycles. The average molecular weight is 723 g/mol. The van der Waals surface area contributed by atoms with Gasteiger partial charge in [-0.1, -0.05) is 107 Å². The summed E-state index contributed by atoms with van der Waals surface area (Å²) in [5, 5.41) is 32.0. The van der Waals surface area contributed by atoms with Crippen LogP contribution in [0.1, 0.15) is 96.5 Å². The third-order valence-electron chi connectivity index (χ3n) is 10.8. The summed E-state index contributed by atoms with van der Waals surface area (Å²) in [5.41, 5.74) is 4.41. The van der Waals surface area contributed by atoms with Gasteiger partial charge in [0, 0.05) is 60.3 Å². The summed E-state index contributed by atoms with van der Waals surface area (Å²) in [5.74, 6) is 0.252. The fraction of sp³-hybridized carbons (Fsp3) is 0.435. The van der Waals surface area contributed by atoms with Crippen LogP contribution in [0.5, 0.6) is 0 Å². The lowest BCUT2D eigenvalue weighted by Gasteiger charge is -2.29. The lowest BCUT2D eigenvalue weighted by Crippen LogP contribution is -2.30. The molecule has 0 saturated carbocycles. The van der Waals surface area contributed by atoms with Gasteiger partial charge in [0.1, 0.15) is 6.07 Å². The predicted molar refractivity (Wildman–Crippen MR) is 219 cm³/mol. The molecular formula is C46H54N6O2. The van der Waals surface area contributed by atoms with Gasteiger partial charge in [0.25, 0.3) is 11.6 Å². The van der Waals surface area contributed by atoms with Gasteiger partial charge in [-0.15, -0.1) is 0 Å². The number of fused-ring (bicyclic) bond motifs is 3. The molecule has 1 aliphatic heterocycles. The molecule has 280 valence electrons. The van der Waals surface area contributed by atoms with E-state index < -0.39 is 0 Å². The molecule has 0 spiro atoms. The number of carbonyl (C=O) groups is 1. The molecular weight excluding hydrogens is 669 g/mol. The van der Waals surface area contributed by atoms with Gasteiger partial charge < -0.3 is 19.5 Å². The molecule has 2 heterocycles. The molecule has 5 rings (SSSR count). The standard InChI is InChI=1S/C46H54N6O2/c1-4-6-19-35(5-2)34-50(28-15-9-10-18-31-53)37-26-24-36(25-27-37)44-40(32-47)45(41(33-48)49-3)52(46(44)54)30-17-8-7-16-29-51-42-22-13-11-20-38(42)39-21-12-14-23-43(39)51/h11-14,20-27,35,53H,4-10,15-19,28-31,34H2,1-2H3/b45-41-. The van der Waals surface area contributed by atoms with Crippen LogP contribution in [0.4, 0.5) is 5.69 Å². The van der Waals surface area contributed by atoms with E-state index in [4.69, 9.17) is 6.57 Å². The highest BCUT2D eigenvalue weighted by Gasteiger charge is 2.38. The first kappa shape index (κ1) is 39.8. The maximum Gasteiger partial charge on any atom is 0.286 e. The maximum absolute atomic E-state index is 14.1. The molecule has 1 N–H and O–H groups in total. The molecule has 0 bridgehead atoms. The Morgan fingerprint density at radius 3 is 2.06 bits per heavy atom. The Morgan fingerprint density at radius 1 is 0.833 bits per heavy atom. The molecule has 1 amide bonds. The number of para-hydroxylation sites is 2. The maximum atomic E-state index is 14.1. The number of aliphatic hydroxyl groups is 1. The molecule has 0 saturated heterocycles. The summed E-state index contributed by atoms with van der Waals surface area (Å²) < 4.78 is 2.39. The minimum Gasteiger partial charge on any atom is -0.396 e. The SMILES string of the molecule is [C-]#[N+]/C(C#N)=C1/C(C#N)=C(c2ccc(N(CCCCCCO)CC(CC)CCCC)cc2)C(=O)N1CCCCCCn1c2ccccc2c2ccccc21. The molecule has 1 aromatic heterocycles. The summed E-state index contributed by atoms with van der Waals surface area (Å²) in [6.07, 6.45) is 12.1. The van der Waals surface area contributed by atoms with Gasteiger partial charge in [0.2, 0.25) is 0 Å². The fourth-order valence-corrected chi connectivity index (χ4v) is 7.86. The highest BCUT2D eigenvalue weighted by atomic mass is 16.3. The number of nitriles is 2. The van der Waals surface area contributed by atoms with Crippen LogP contribution in [0, 0.1) is 35.2 Å². The quantitative estimate of drug-likeness (QED) is 0.0524. The Kier molecular flexibility index (Phi) is 14.9. The Bertz CT molecular complexity index is 2000. The Hall–Kier alpha value is -5.36. The van der Waals surface area contributed by atoms with E-state index in [-0.39, 0.29) is 35.1 Å². The highest BCUT2D eigenvalue weighted by Crippen LogP contribution is 2.38. The molecule has 8 nitrogen and oxygen atoms in total. The van der Waals surface area contributed by atoms with E-state index in [1.807, 2.05) is 30.3 Å². The number of hydrogen-bond donors (Lipinski definition) is 1. The number of aromatic nitrogens is 1. The third-order valence-corrected chi connectivity index (χ3v) is 10.8. The van der Waals surface area contributed by atoms with E-state index in [0.717, 1.165) is 76.7 Å². The van der Waals surface area contributed by atoms with Gasteiger partial charge in [-0.3, -0.25) is 4.79 Å². The fourth-order valence-electron chi connectivity index (χ4n) is 7.86. The van der Waals surface area contributed by atoms with E-state index in [2.05, 4.69) is 82.8 Å². The van der Waals surface area contributed by atoms with Crippen molar-refractivity contribution in [1.82, 2.24) is 9.47 Å². The van der Waals surface area contributed by atoms with Crippen molar-refractivity contribution in [2.75, 3.05) is 31.1 Å². The van der Waals surface area contributed by atoms with E-state index in [1.54, 1.807) is 0 Å². The van der Waals surface area contributed by atoms with Gasteiger partial charge in [0.05, 0.1) is 29.5 Å². The number of benzene rings is 3. The van der Waals surface area contributed by atoms with Crippen LogP contribution >= 0.6 is 0 Å². The third kappa shape index (κ3) is 9.22. The number of amides is 1. The van der Waals surface area contributed by atoms with Crippen LogP contribution in [0.25, 0.3) is 32.2 Å². The molecule has 4 aromatic rings. The molecule has 0 fully saturated rings. The normalized spacial score (nSPS) is 14.4. The smallest absolute Gasteiger partial charge is 0.286 e. The number of hydrogen-bond acceptors (Lipinski definition) is 5. The van der Waals surface area contributed by atoms with Crippen molar-refractivity contribution in [2.45, 2.75) is 97.4 Å².